The van der Waals surface area contributed by atoms with Gasteiger partial charge in [0.25, 0.3) is 0 Å². The first-order valence-corrected chi connectivity index (χ1v) is 3.56. The molecule has 0 saturated heterocycles. The fourth-order valence-electron chi connectivity index (χ4n) is 0.728. The summed E-state index contributed by atoms with van der Waals surface area (Å²) in [7, 11) is 1.75. The Kier molecular flexibility index (Phi) is 2.28. The van der Waals surface area contributed by atoms with Crippen LogP contribution >= 0.6 is 0 Å². The van der Waals surface area contributed by atoms with E-state index in [1.54, 1.807) is 24.7 Å². The van der Waals surface area contributed by atoms with Crippen LogP contribution in [0.5, 0.6) is 0 Å². The molecule has 0 aliphatic carbocycles. The Labute approximate surface area is 70.1 Å². The average molecular weight is 165 g/mol. The maximum Gasteiger partial charge on any atom is 0.116 e. The topological polar surface area (TPSA) is 50.9 Å². The van der Waals surface area contributed by atoms with Crippen molar-refractivity contribution in [3.05, 3.63) is 22.5 Å². The Morgan fingerprint density at radius 1 is 1.67 bits per heavy atom. The molecule has 1 heterocycles. The quantitative estimate of drug-likeness (QED) is 0.569. The van der Waals surface area contributed by atoms with Crippen LogP contribution in [-0.2, 0) is 7.05 Å². The molecule has 12 heavy (non-hydrogen) atoms. The van der Waals surface area contributed by atoms with Crippen LogP contribution in [-0.4, -0.2) is 20.1 Å². The van der Waals surface area contributed by atoms with Crippen molar-refractivity contribution in [2.24, 2.45) is 7.05 Å². The van der Waals surface area contributed by atoms with E-state index in [2.05, 4.69) is 16.9 Å². The molecule has 0 spiro atoms. The van der Waals surface area contributed by atoms with Crippen molar-refractivity contribution in [2.75, 3.05) is 0 Å². The molecule has 4 nitrogen and oxygen atoms in total. The lowest BCUT2D eigenvalue weighted by atomic mass is 10.4. The monoisotopic (exact) mass is 165 g/mol. The van der Waals surface area contributed by atoms with E-state index < -0.39 is 0 Å². The van der Waals surface area contributed by atoms with E-state index >= 15 is 0 Å². The number of aliphatic hydroxyl groups is 1. The van der Waals surface area contributed by atoms with E-state index in [-0.39, 0.29) is 5.76 Å². The van der Waals surface area contributed by atoms with Crippen LogP contribution in [0.15, 0.2) is 11.8 Å². The number of nitrogens with zero attached hydrogens (tertiary/aromatic N) is 3. The van der Waals surface area contributed by atoms with Crippen LogP contribution in [0.3, 0.4) is 0 Å². The number of rotatable bonds is 1. The molecule has 64 valence electrons. The van der Waals surface area contributed by atoms with Crippen molar-refractivity contribution < 1.29 is 5.11 Å². The van der Waals surface area contributed by atoms with Crippen molar-refractivity contribution in [3.8, 4) is 0 Å². The minimum absolute atomic E-state index is 0.167. The van der Waals surface area contributed by atoms with Crippen LogP contribution in [0.4, 0.5) is 0 Å². The van der Waals surface area contributed by atoms with Gasteiger partial charge in [-0.15, -0.1) is 5.10 Å². The third-order valence-electron chi connectivity index (χ3n) is 1.55. The van der Waals surface area contributed by atoms with Gasteiger partial charge in [-0.2, -0.15) is 0 Å². The Morgan fingerprint density at radius 3 is 2.75 bits per heavy atom. The van der Waals surface area contributed by atoms with Gasteiger partial charge in [0, 0.05) is 13.1 Å². The van der Waals surface area contributed by atoms with Crippen molar-refractivity contribution in [1.29, 1.82) is 0 Å². The largest absolute Gasteiger partial charge is 0.508 e. The van der Waals surface area contributed by atoms with Gasteiger partial charge in [0.05, 0.1) is 5.35 Å². The van der Waals surface area contributed by atoms with E-state index in [0.717, 1.165) is 0 Å². The third kappa shape index (κ3) is 1.53. The SMILES string of the molecule is C=c1/c(=C\C(O)=C/C)nnn1C. The molecule has 0 unspecified atom stereocenters. The lowest BCUT2D eigenvalue weighted by Gasteiger charge is -1.84. The highest BCUT2D eigenvalue weighted by Gasteiger charge is 1.91. The summed E-state index contributed by atoms with van der Waals surface area (Å²) < 4.78 is 1.55. The highest BCUT2D eigenvalue weighted by atomic mass is 16.3. The number of hydrogen-bond acceptors (Lipinski definition) is 3. The summed E-state index contributed by atoms with van der Waals surface area (Å²) in [6.07, 6.45) is 3.10. The van der Waals surface area contributed by atoms with Gasteiger partial charge in [-0.3, -0.25) is 0 Å². The minimum Gasteiger partial charge on any atom is -0.508 e. The molecule has 0 aliphatic heterocycles. The van der Waals surface area contributed by atoms with Crippen molar-refractivity contribution in [1.82, 2.24) is 15.0 Å². The van der Waals surface area contributed by atoms with Gasteiger partial charge in [0.2, 0.25) is 0 Å². The van der Waals surface area contributed by atoms with Crippen LogP contribution < -0.4 is 10.7 Å². The molecule has 0 bridgehead atoms. The van der Waals surface area contributed by atoms with Crippen molar-refractivity contribution in [3.63, 3.8) is 0 Å². The molecule has 1 aromatic rings. The first-order chi connectivity index (χ1) is 5.65. The number of aromatic nitrogens is 3. The van der Waals surface area contributed by atoms with Gasteiger partial charge < -0.3 is 5.11 Å². The van der Waals surface area contributed by atoms with E-state index in [1.807, 2.05) is 0 Å². The Balaban J connectivity index is 3.29. The lowest BCUT2D eigenvalue weighted by Crippen LogP contribution is -2.27. The van der Waals surface area contributed by atoms with E-state index in [0.29, 0.717) is 10.7 Å². The molecule has 0 fully saturated rings. The molecule has 4 heteroatoms. The third-order valence-corrected chi connectivity index (χ3v) is 1.55. The van der Waals surface area contributed by atoms with Gasteiger partial charge >= 0.3 is 0 Å². The average Bonchev–Trinajstić information content (AvgIpc) is 2.36. The van der Waals surface area contributed by atoms with Crippen LogP contribution in [0.25, 0.3) is 12.7 Å². The predicted octanol–water partition coefficient (Wildman–Crippen LogP) is -0.532. The molecule has 1 rings (SSSR count). The lowest BCUT2D eigenvalue weighted by molar-refractivity contribution is 0.440. The molecular formula is C8H11N3O. The summed E-state index contributed by atoms with van der Waals surface area (Å²) in [6, 6.07) is 0. The van der Waals surface area contributed by atoms with E-state index in [9.17, 15) is 0 Å². The number of aliphatic hydroxyl groups excluding tert-OH is 1. The van der Waals surface area contributed by atoms with Gasteiger partial charge in [-0.1, -0.05) is 11.8 Å². The fraction of sp³-hybridized carbons (Fsp3) is 0.250. The zero-order chi connectivity index (χ0) is 9.14. The summed E-state index contributed by atoms with van der Waals surface area (Å²) in [5.41, 5.74) is 0. The molecule has 0 amide bonds. The Morgan fingerprint density at radius 2 is 2.33 bits per heavy atom. The number of aryl methyl sites for hydroxylation is 1. The Hall–Kier alpha value is -1.58. The predicted molar refractivity (Wildman–Crippen MR) is 46.6 cm³/mol. The molecule has 1 N–H and O–H groups in total. The maximum absolute atomic E-state index is 9.15. The second-order valence-electron chi connectivity index (χ2n) is 2.40. The van der Waals surface area contributed by atoms with Crippen molar-refractivity contribution >= 4 is 12.7 Å². The summed E-state index contributed by atoms with van der Waals surface area (Å²) in [4.78, 5) is 0. The summed E-state index contributed by atoms with van der Waals surface area (Å²) >= 11 is 0. The molecule has 0 atom stereocenters. The normalized spacial score (nSPS) is 13.8. The second-order valence-corrected chi connectivity index (χ2v) is 2.40. The maximum atomic E-state index is 9.15. The fourth-order valence-corrected chi connectivity index (χ4v) is 0.728. The molecule has 0 radical (unpaired) electrons. The second kappa shape index (κ2) is 3.21. The summed E-state index contributed by atoms with van der Waals surface area (Å²) in [6.45, 7) is 5.48. The zero-order valence-corrected chi connectivity index (χ0v) is 7.15. The van der Waals surface area contributed by atoms with E-state index in [1.165, 1.54) is 6.08 Å². The number of hydrogen-bond donors (Lipinski definition) is 1. The smallest absolute Gasteiger partial charge is 0.116 e. The van der Waals surface area contributed by atoms with Gasteiger partial charge in [-0.25, -0.2) is 4.68 Å². The van der Waals surface area contributed by atoms with Crippen molar-refractivity contribution in [2.45, 2.75) is 6.92 Å². The molecule has 0 aromatic carbocycles. The van der Waals surface area contributed by atoms with E-state index in [4.69, 9.17) is 5.11 Å². The molecule has 0 saturated carbocycles. The highest BCUT2D eigenvalue weighted by molar-refractivity contribution is 5.39. The minimum atomic E-state index is 0.167. The summed E-state index contributed by atoms with van der Waals surface area (Å²) in [5, 5.41) is 18.0. The highest BCUT2D eigenvalue weighted by Crippen LogP contribution is 1.85. The van der Waals surface area contributed by atoms with Gasteiger partial charge in [0.15, 0.2) is 0 Å². The van der Waals surface area contributed by atoms with Gasteiger partial charge in [0.1, 0.15) is 11.1 Å². The molecular weight excluding hydrogens is 154 g/mol. The van der Waals surface area contributed by atoms with Crippen LogP contribution in [0, 0.1) is 0 Å². The summed E-state index contributed by atoms with van der Waals surface area (Å²) in [5.74, 6) is 0.167. The van der Waals surface area contributed by atoms with Crippen LogP contribution in [0.2, 0.25) is 0 Å². The Bertz CT molecular complexity index is 402. The van der Waals surface area contributed by atoms with Crippen LogP contribution in [0.1, 0.15) is 6.92 Å². The molecule has 0 aliphatic rings. The first-order valence-electron chi connectivity index (χ1n) is 3.56. The van der Waals surface area contributed by atoms with Gasteiger partial charge in [-0.05, 0) is 13.0 Å². The first kappa shape index (κ1) is 8.52. The number of allylic oxidation sites excluding steroid dienone is 2. The molecule has 1 aromatic heterocycles. The standard InChI is InChI=1S/C8H11N3O/c1-4-7(12)5-8-6(2)11(3)10-9-8/h4-5,12H,2H2,1,3H3/b7-4+,8-5+. The zero-order valence-electron chi connectivity index (χ0n) is 7.15.